The van der Waals surface area contributed by atoms with Crippen molar-refractivity contribution in [3.05, 3.63) is 35.1 Å². The fourth-order valence-corrected chi connectivity index (χ4v) is 3.97. The molecule has 2 fully saturated rings. The Morgan fingerprint density at radius 2 is 1.76 bits per heavy atom. The number of benzene rings is 1. The number of aryl methyl sites for hydroxylation is 1. The molecule has 0 amide bonds. The molecule has 3 heteroatoms. The van der Waals surface area contributed by atoms with Crippen molar-refractivity contribution in [3.8, 4) is 0 Å². The fraction of sp³-hybridized carbons (Fsp3) is 0.611. The third kappa shape index (κ3) is 2.64. The second-order valence-corrected chi connectivity index (χ2v) is 6.58. The van der Waals surface area contributed by atoms with Crippen LogP contribution in [0.5, 0.6) is 0 Å². The molecule has 0 N–H and O–H groups in total. The number of rotatable bonds is 3. The van der Waals surface area contributed by atoms with Gasteiger partial charge in [-0.25, -0.2) is 4.39 Å². The Bertz CT molecular complexity index is 528. The molecule has 2 aliphatic rings. The van der Waals surface area contributed by atoms with Crippen molar-refractivity contribution in [2.75, 3.05) is 13.1 Å². The Hall–Kier alpha value is -1.22. The number of carbonyl (C=O) groups excluding carboxylic acids is 1. The van der Waals surface area contributed by atoms with E-state index in [0.29, 0.717) is 11.1 Å². The van der Waals surface area contributed by atoms with E-state index in [-0.39, 0.29) is 17.1 Å². The van der Waals surface area contributed by atoms with E-state index in [0.717, 1.165) is 38.8 Å². The van der Waals surface area contributed by atoms with Crippen LogP contribution >= 0.6 is 0 Å². The van der Waals surface area contributed by atoms with E-state index in [1.807, 2.05) is 0 Å². The largest absolute Gasteiger partial charge is 0.292 e. The number of hydrogen-bond donors (Lipinski definition) is 0. The molecule has 0 aromatic heterocycles. The van der Waals surface area contributed by atoms with Crippen LogP contribution in [0.25, 0.3) is 0 Å². The number of ketones is 1. The van der Waals surface area contributed by atoms with Crippen LogP contribution in [-0.2, 0) is 0 Å². The lowest BCUT2D eigenvalue weighted by Gasteiger charge is -2.42. The average molecular weight is 289 g/mol. The van der Waals surface area contributed by atoms with Crippen molar-refractivity contribution >= 4 is 5.78 Å². The summed E-state index contributed by atoms with van der Waals surface area (Å²) in [5.74, 6) is -0.131. The van der Waals surface area contributed by atoms with Crippen LogP contribution < -0.4 is 0 Å². The van der Waals surface area contributed by atoms with Gasteiger partial charge < -0.3 is 0 Å². The van der Waals surface area contributed by atoms with Gasteiger partial charge in [-0.05, 0) is 57.3 Å². The van der Waals surface area contributed by atoms with Crippen molar-refractivity contribution < 1.29 is 9.18 Å². The summed E-state index contributed by atoms with van der Waals surface area (Å²) in [4.78, 5) is 15.5. The number of halogens is 1. The van der Waals surface area contributed by atoms with Gasteiger partial charge in [-0.2, -0.15) is 0 Å². The zero-order chi connectivity index (χ0) is 14.9. The molecule has 1 heterocycles. The van der Waals surface area contributed by atoms with E-state index in [4.69, 9.17) is 0 Å². The number of hydrogen-bond acceptors (Lipinski definition) is 2. The van der Waals surface area contributed by atoms with E-state index < -0.39 is 0 Å². The van der Waals surface area contributed by atoms with Crippen molar-refractivity contribution in [3.63, 3.8) is 0 Å². The number of likely N-dealkylation sites (tertiary alicyclic amines) is 1. The first kappa shape index (κ1) is 14.7. The van der Waals surface area contributed by atoms with Gasteiger partial charge in [0.15, 0.2) is 5.78 Å². The molecule has 1 aromatic carbocycles. The SMILES string of the molecule is Cc1ccc(C(=O)C2(N3CCCCC3)CCCC2)cc1F. The molecule has 1 saturated heterocycles. The van der Waals surface area contributed by atoms with Gasteiger partial charge in [-0.1, -0.05) is 31.4 Å². The molecule has 3 rings (SSSR count). The molecule has 0 atom stereocenters. The molecule has 1 aromatic rings. The summed E-state index contributed by atoms with van der Waals surface area (Å²) in [6.45, 7) is 3.76. The summed E-state index contributed by atoms with van der Waals surface area (Å²) in [5.41, 5.74) is 0.790. The van der Waals surface area contributed by atoms with Crippen molar-refractivity contribution in [2.24, 2.45) is 0 Å². The van der Waals surface area contributed by atoms with Crippen molar-refractivity contribution in [2.45, 2.75) is 57.4 Å². The molecular weight excluding hydrogens is 265 g/mol. The predicted molar refractivity (Wildman–Crippen MR) is 82.1 cm³/mol. The molecule has 2 nitrogen and oxygen atoms in total. The molecule has 1 aliphatic carbocycles. The third-order valence-corrected chi connectivity index (χ3v) is 5.25. The Kier molecular flexibility index (Phi) is 4.12. The van der Waals surface area contributed by atoms with Crippen LogP contribution in [-0.4, -0.2) is 29.3 Å². The van der Waals surface area contributed by atoms with Crippen molar-refractivity contribution in [1.29, 1.82) is 0 Å². The van der Waals surface area contributed by atoms with Gasteiger partial charge in [0.1, 0.15) is 5.82 Å². The van der Waals surface area contributed by atoms with E-state index in [1.54, 1.807) is 19.1 Å². The molecule has 1 saturated carbocycles. The van der Waals surface area contributed by atoms with Gasteiger partial charge in [0.2, 0.25) is 0 Å². The van der Waals surface area contributed by atoms with Crippen LogP contribution in [0.15, 0.2) is 18.2 Å². The summed E-state index contributed by atoms with van der Waals surface area (Å²) >= 11 is 0. The minimum Gasteiger partial charge on any atom is -0.292 e. The molecule has 114 valence electrons. The molecule has 21 heavy (non-hydrogen) atoms. The maximum absolute atomic E-state index is 13.8. The molecule has 0 unspecified atom stereocenters. The van der Waals surface area contributed by atoms with E-state index >= 15 is 0 Å². The first-order chi connectivity index (χ1) is 10.1. The zero-order valence-electron chi connectivity index (χ0n) is 12.8. The lowest BCUT2D eigenvalue weighted by Crippen LogP contribution is -2.54. The highest BCUT2D eigenvalue weighted by molar-refractivity contribution is 6.03. The van der Waals surface area contributed by atoms with Gasteiger partial charge >= 0.3 is 0 Å². The Morgan fingerprint density at radius 1 is 1.10 bits per heavy atom. The quantitative estimate of drug-likeness (QED) is 0.780. The van der Waals surface area contributed by atoms with Gasteiger partial charge in [-0.15, -0.1) is 0 Å². The number of nitrogens with zero attached hydrogens (tertiary/aromatic N) is 1. The third-order valence-electron chi connectivity index (χ3n) is 5.25. The molecule has 0 bridgehead atoms. The van der Waals surface area contributed by atoms with Crippen molar-refractivity contribution in [1.82, 2.24) is 4.90 Å². The smallest absolute Gasteiger partial charge is 0.183 e. The lowest BCUT2D eigenvalue weighted by molar-refractivity contribution is 0.0477. The highest BCUT2D eigenvalue weighted by Crippen LogP contribution is 2.39. The highest BCUT2D eigenvalue weighted by atomic mass is 19.1. The Labute approximate surface area is 126 Å². The Morgan fingerprint density at radius 3 is 2.38 bits per heavy atom. The van der Waals surface area contributed by atoms with Crippen LogP contribution in [0.4, 0.5) is 4.39 Å². The van der Waals surface area contributed by atoms with Gasteiger partial charge in [0.25, 0.3) is 0 Å². The van der Waals surface area contributed by atoms with Crippen LogP contribution in [0.3, 0.4) is 0 Å². The molecule has 0 spiro atoms. The minimum atomic E-state index is -0.359. The van der Waals surface area contributed by atoms with Crippen LogP contribution in [0, 0.1) is 12.7 Å². The second-order valence-electron chi connectivity index (χ2n) is 6.58. The summed E-state index contributed by atoms with van der Waals surface area (Å²) in [5, 5.41) is 0. The summed E-state index contributed by atoms with van der Waals surface area (Å²) in [6, 6.07) is 4.95. The van der Waals surface area contributed by atoms with Crippen LogP contribution in [0.2, 0.25) is 0 Å². The minimum absolute atomic E-state index is 0.140. The maximum Gasteiger partial charge on any atom is 0.183 e. The standard InChI is InChI=1S/C18H24FNO/c1-14-7-8-15(13-16(14)19)17(21)18(9-3-4-10-18)20-11-5-2-6-12-20/h7-8,13H,2-6,9-12H2,1H3. The first-order valence-electron chi connectivity index (χ1n) is 8.19. The molecular formula is C18H24FNO. The highest BCUT2D eigenvalue weighted by Gasteiger charge is 2.46. The van der Waals surface area contributed by atoms with E-state index in [2.05, 4.69) is 4.90 Å². The maximum atomic E-state index is 13.8. The number of carbonyl (C=O) groups is 1. The van der Waals surface area contributed by atoms with E-state index in [1.165, 1.54) is 25.3 Å². The Balaban J connectivity index is 1.92. The topological polar surface area (TPSA) is 20.3 Å². The first-order valence-corrected chi connectivity index (χ1v) is 8.19. The van der Waals surface area contributed by atoms with Gasteiger partial charge in [0.05, 0.1) is 5.54 Å². The normalized spacial score (nSPS) is 22.4. The lowest BCUT2D eigenvalue weighted by atomic mass is 9.84. The average Bonchev–Trinajstić information content (AvgIpc) is 3.01. The van der Waals surface area contributed by atoms with Gasteiger partial charge in [0, 0.05) is 5.56 Å². The number of Topliss-reactive ketones (excluding diaryl/α,β-unsaturated/α-hetero) is 1. The summed E-state index contributed by atoms with van der Waals surface area (Å²) in [6.07, 6.45) is 7.70. The van der Waals surface area contributed by atoms with Crippen LogP contribution in [0.1, 0.15) is 60.9 Å². The monoisotopic (exact) mass is 289 g/mol. The second kappa shape index (κ2) is 5.88. The summed E-state index contributed by atoms with van der Waals surface area (Å²) in [7, 11) is 0. The molecule has 0 radical (unpaired) electrons. The molecule has 1 aliphatic heterocycles. The van der Waals surface area contributed by atoms with E-state index in [9.17, 15) is 9.18 Å². The number of piperidine rings is 1. The summed E-state index contributed by atoms with van der Waals surface area (Å²) < 4.78 is 13.8. The van der Waals surface area contributed by atoms with Gasteiger partial charge in [-0.3, -0.25) is 9.69 Å². The zero-order valence-corrected chi connectivity index (χ0v) is 12.8. The fourth-order valence-electron chi connectivity index (χ4n) is 3.97. The predicted octanol–water partition coefficient (Wildman–Crippen LogP) is 4.12.